The third kappa shape index (κ3) is 27.6. The Bertz CT molecular complexity index is 332. The van der Waals surface area contributed by atoms with Gasteiger partial charge < -0.3 is 0 Å². The molecular weight excluding hydrogens is 348 g/mol. The first-order valence-electron chi connectivity index (χ1n) is 13.5. The summed E-state index contributed by atoms with van der Waals surface area (Å²) in [4.78, 5) is 0. The molecule has 0 aromatic carbocycles. The first-order chi connectivity index (χ1) is 14.4. The number of unbranched alkanes of at least 4 members (excludes halogenated alkanes) is 23. The predicted octanol–water partition coefficient (Wildman–Crippen LogP) is 10.4. The van der Waals surface area contributed by atoms with Gasteiger partial charge in [-0.2, -0.15) is 0 Å². The average Bonchev–Trinajstić information content (AvgIpc) is 2.74. The lowest BCUT2D eigenvalue weighted by Crippen LogP contribution is -1.83. The molecule has 0 saturated heterocycles. The van der Waals surface area contributed by atoms with Crippen LogP contribution in [0.5, 0.6) is 0 Å². The van der Waals surface area contributed by atoms with Crippen molar-refractivity contribution >= 4 is 0 Å². The van der Waals surface area contributed by atoms with Gasteiger partial charge in [0, 0.05) is 12.8 Å². The van der Waals surface area contributed by atoms with Crippen LogP contribution in [0.25, 0.3) is 0 Å². The second kappa shape index (κ2) is 27.6. The summed E-state index contributed by atoms with van der Waals surface area (Å²) < 4.78 is 0. The van der Waals surface area contributed by atoms with Crippen molar-refractivity contribution in [3.05, 3.63) is 13.8 Å². The maximum absolute atomic E-state index is 3.91. The number of hydrogen-bond donors (Lipinski definition) is 0. The molecule has 0 rings (SSSR count). The van der Waals surface area contributed by atoms with Gasteiger partial charge in [-0.1, -0.05) is 149 Å². The van der Waals surface area contributed by atoms with Crippen LogP contribution in [0.2, 0.25) is 0 Å². The summed E-state index contributed by atoms with van der Waals surface area (Å²) >= 11 is 0. The first-order valence-corrected chi connectivity index (χ1v) is 13.5. The summed E-state index contributed by atoms with van der Waals surface area (Å²) in [6, 6.07) is 0. The van der Waals surface area contributed by atoms with Crippen LogP contribution in [0.3, 0.4) is 0 Å². The molecule has 0 heteroatoms. The Hall–Kier alpha value is -0.440. The Morgan fingerprint density at radius 2 is 0.483 bits per heavy atom. The van der Waals surface area contributed by atoms with Crippen LogP contribution < -0.4 is 0 Å². The molecule has 0 aliphatic rings. The summed E-state index contributed by atoms with van der Waals surface area (Å²) in [5.41, 5.74) is 0. The number of hydrogen-bond acceptors (Lipinski definition) is 0. The van der Waals surface area contributed by atoms with Crippen LogP contribution in [0.15, 0.2) is 0 Å². The topological polar surface area (TPSA) is 0 Å². The highest BCUT2D eigenvalue weighted by atomic mass is 14.0. The predicted molar refractivity (Wildman–Crippen MR) is 134 cm³/mol. The summed E-state index contributed by atoms with van der Waals surface area (Å²) in [6.45, 7) is 7.81. The van der Waals surface area contributed by atoms with Crippen LogP contribution in [0.1, 0.15) is 161 Å². The van der Waals surface area contributed by atoms with Crippen molar-refractivity contribution in [2.24, 2.45) is 0 Å². The van der Waals surface area contributed by atoms with Crippen LogP contribution in [0.4, 0.5) is 0 Å². The summed E-state index contributed by atoms with van der Waals surface area (Å²) in [6.07, 6.45) is 33.9. The van der Waals surface area contributed by atoms with Gasteiger partial charge in [0.05, 0.1) is 0 Å². The van der Waals surface area contributed by atoms with E-state index in [-0.39, 0.29) is 0 Å². The maximum atomic E-state index is 3.91. The van der Waals surface area contributed by atoms with E-state index in [1.54, 1.807) is 0 Å². The van der Waals surface area contributed by atoms with Gasteiger partial charge in [-0.15, -0.1) is 11.8 Å². The van der Waals surface area contributed by atoms with Gasteiger partial charge in [-0.25, -0.2) is 0 Å². The Kier molecular flexibility index (Phi) is 27.1. The van der Waals surface area contributed by atoms with Crippen molar-refractivity contribution in [3.8, 4) is 11.8 Å². The van der Waals surface area contributed by atoms with Crippen molar-refractivity contribution in [1.29, 1.82) is 0 Å². The molecule has 0 aromatic heterocycles. The molecule has 0 saturated carbocycles. The molecule has 0 unspecified atom stereocenters. The lowest BCUT2D eigenvalue weighted by molar-refractivity contribution is 0.542. The van der Waals surface area contributed by atoms with E-state index in [0.29, 0.717) is 0 Å². The van der Waals surface area contributed by atoms with Gasteiger partial charge in [0.25, 0.3) is 0 Å². The first kappa shape index (κ1) is 28.6. The Morgan fingerprint density at radius 1 is 0.276 bits per heavy atom. The number of rotatable bonds is 23. The quantitative estimate of drug-likeness (QED) is 0.118. The molecule has 0 N–H and O–H groups in total. The third-order valence-corrected chi connectivity index (χ3v) is 5.98. The molecule has 0 spiro atoms. The average molecular weight is 403 g/mol. The third-order valence-electron chi connectivity index (χ3n) is 5.98. The van der Waals surface area contributed by atoms with E-state index in [1.807, 2.05) is 0 Å². The molecule has 0 aliphatic carbocycles. The van der Waals surface area contributed by atoms with E-state index >= 15 is 0 Å². The van der Waals surface area contributed by atoms with E-state index < -0.39 is 0 Å². The minimum absolute atomic E-state index is 1.11. The van der Waals surface area contributed by atoms with Gasteiger partial charge in [0.15, 0.2) is 0 Å². The molecule has 0 heterocycles. The van der Waals surface area contributed by atoms with Crippen LogP contribution in [-0.4, -0.2) is 0 Å². The van der Waals surface area contributed by atoms with E-state index in [0.717, 1.165) is 25.7 Å². The summed E-state index contributed by atoms with van der Waals surface area (Å²) in [5, 5.41) is 0. The Balaban J connectivity index is 3.08. The molecule has 0 bridgehead atoms. The Morgan fingerprint density at radius 3 is 0.724 bits per heavy atom. The fourth-order valence-electron chi connectivity index (χ4n) is 3.96. The molecular formula is C29H54. The highest BCUT2D eigenvalue weighted by Crippen LogP contribution is 2.13. The molecule has 0 nitrogen and oxygen atoms in total. The lowest BCUT2D eigenvalue weighted by atomic mass is 10.0. The van der Waals surface area contributed by atoms with Gasteiger partial charge in [-0.3, -0.25) is 0 Å². The SMILES string of the molecule is [CH2]CCCCCCCCCCCC#CCCCCCCCCCCCCCC[CH2]. The smallest absolute Gasteiger partial charge is 0.00886 e. The molecule has 0 aliphatic heterocycles. The molecule has 2 radical (unpaired) electrons. The molecule has 29 heavy (non-hydrogen) atoms. The van der Waals surface area contributed by atoms with Gasteiger partial charge >= 0.3 is 0 Å². The van der Waals surface area contributed by atoms with Crippen molar-refractivity contribution in [3.63, 3.8) is 0 Å². The van der Waals surface area contributed by atoms with E-state index in [2.05, 4.69) is 25.7 Å². The zero-order chi connectivity index (χ0) is 21.1. The maximum Gasteiger partial charge on any atom is 0.00886 e. The highest BCUT2D eigenvalue weighted by molar-refractivity contribution is 4.98. The van der Waals surface area contributed by atoms with E-state index in [1.165, 1.54) is 135 Å². The molecule has 0 aromatic rings. The zero-order valence-corrected chi connectivity index (χ0v) is 20.1. The summed E-state index contributed by atoms with van der Waals surface area (Å²) in [7, 11) is 0. The van der Waals surface area contributed by atoms with Crippen molar-refractivity contribution in [2.45, 2.75) is 161 Å². The van der Waals surface area contributed by atoms with Crippen LogP contribution in [0, 0.1) is 25.7 Å². The van der Waals surface area contributed by atoms with E-state index in [9.17, 15) is 0 Å². The van der Waals surface area contributed by atoms with Gasteiger partial charge in [0.1, 0.15) is 0 Å². The van der Waals surface area contributed by atoms with Gasteiger partial charge in [0.2, 0.25) is 0 Å². The lowest BCUT2D eigenvalue weighted by Gasteiger charge is -2.02. The monoisotopic (exact) mass is 402 g/mol. The molecule has 0 atom stereocenters. The fourth-order valence-corrected chi connectivity index (χ4v) is 3.96. The minimum Gasteiger partial charge on any atom is -0.103 e. The van der Waals surface area contributed by atoms with Gasteiger partial charge in [-0.05, 0) is 12.8 Å². The van der Waals surface area contributed by atoms with Crippen LogP contribution in [-0.2, 0) is 0 Å². The molecule has 0 amide bonds. The van der Waals surface area contributed by atoms with Crippen molar-refractivity contribution in [2.75, 3.05) is 0 Å². The fraction of sp³-hybridized carbons (Fsp3) is 0.862. The zero-order valence-electron chi connectivity index (χ0n) is 20.1. The van der Waals surface area contributed by atoms with Crippen molar-refractivity contribution in [1.82, 2.24) is 0 Å². The second-order valence-corrected chi connectivity index (χ2v) is 8.99. The van der Waals surface area contributed by atoms with Crippen molar-refractivity contribution < 1.29 is 0 Å². The van der Waals surface area contributed by atoms with E-state index in [4.69, 9.17) is 0 Å². The minimum atomic E-state index is 1.11. The second-order valence-electron chi connectivity index (χ2n) is 8.99. The normalized spacial score (nSPS) is 10.8. The van der Waals surface area contributed by atoms with Crippen LogP contribution >= 0.6 is 0 Å². The molecule has 0 fully saturated rings. The standard InChI is InChI=1S/C29H54/c1-3-5-7-9-11-13-15-17-19-21-23-25-27-29-28-26-24-22-20-18-16-14-12-10-8-6-4-2/h1-25,27,29H2. The molecule has 170 valence electrons. The highest BCUT2D eigenvalue weighted by Gasteiger charge is 1.94. The Labute approximate surface area is 186 Å². The summed E-state index contributed by atoms with van der Waals surface area (Å²) in [5.74, 6) is 6.79. The largest absolute Gasteiger partial charge is 0.103 e.